The van der Waals surface area contributed by atoms with Gasteiger partial charge in [-0.1, -0.05) is 6.07 Å². The van der Waals surface area contributed by atoms with E-state index < -0.39 is 11.7 Å². The highest BCUT2D eigenvalue weighted by Gasteiger charge is 2.31. The molecular weight excluding hydrogens is 337 g/mol. The molecule has 0 aliphatic rings. The van der Waals surface area contributed by atoms with Crippen molar-refractivity contribution in [2.45, 2.75) is 6.18 Å². The Morgan fingerprint density at radius 3 is 2.48 bits per heavy atom. The zero-order valence-electron chi connectivity index (χ0n) is 12.5. The maximum absolute atomic E-state index is 12.7. The maximum atomic E-state index is 12.7. The van der Waals surface area contributed by atoms with Gasteiger partial charge in [-0.15, -0.1) is 0 Å². The van der Waals surface area contributed by atoms with E-state index >= 15 is 0 Å². The average molecular weight is 348 g/mol. The standard InChI is InChI=1S/C14H11F3N8/c15-14(16,17)7-4-8(6-20-5-7)21-13-24-11(23-12(19)25-13)9-2-1-3-10(18)22-9/h1-6H,(H2,18,22)(H3,19,21,23,24,25). The quantitative estimate of drug-likeness (QED) is 0.657. The second-order valence-corrected chi connectivity index (χ2v) is 4.87. The normalized spacial score (nSPS) is 11.3. The first-order valence-corrected chi connectivity index (χ1v) is 6.85. The monoisotopic (exact) mass is 348 g/mol. The molecule has 5 N–H and O–H groups in total. The van der Waals surface area contributed by atoms with Crippen LogP contribution in [0.1, 0.15) is 5.56 Å². The number of nitrogens with one attached hydrogen (secondary N) is 1. The summed E-state index contributed by atoms with van der Waals surface area (Å²) >= 11 is 0. The second kappa shape index (κ2) is 6.19. The van der Waals surface area contributed by atoms with E-state index in [1.165, 1.54) is 6.20 Å². The zero-order valence-corrected chi connectivity index (χ0v) is 12.5. The third-order valence-electron chi connectivity index (χ3n) is 2.97. The number of nitrogen functional groups attached to an aromatic ring is 2. The molecule has 0 fully saturated rings. The van der Waals surface area contributed by atoms with Crippen LogP contribution >= 0.6 is 0 Å². The Morgan fingerprint density at radius 1 is 0.960 bits per heavy atom. The molecule has 0 spiro atoms. The summed E-state index contributed by atoms with van der Waals surface area (Å²) in [6.07, 6.45) is -2.60. The molecule has 0 amide bonds. The first-order valence-electron chi connectivity index (χ1n) is 6.85. The van der Waals surface area contributed by atoms with Crippen LogP contribution in [0, 0.1) is 0 Å². The Kier molecular flexibility index (Phi) is 4.05. The summed E-state index contributed by atoms with van der Waals surface area (Å²) < 4.78 is 38.2. The number of pyridine rings is 2. The SMILES string of the molecule is Nc1cccc(-c2nc(N)nc(Nc3cncc(C(F)(F)F)c3)n2)n1. The van der Waals surface area contributed by atoms with Gasteiger partial charge in [-0.25, -0.2) is 4.98 Å². The molecule has 0 radical (unpaired) electrons. The molecule has 0 aliphatic carbocycles. The fourth-order valence-corrected chi connectivity index (χ4v) is 1.93. The fourth-order valence-electron chi connectivity index (χ4n) is 1.93. The molecule has 0 aliphatic heterocycles. The van der Waals surface area contributed by atoms with E-state index in [1.807, 2.05) is 0 Å². The van der Waals surface area contributed by atoms with Gasteiger partial charge in [0.2, 0.25) is 11.9 Å². The zero-order chi connectivity index (χ0) is 18.0. The molecule has 25 heavy (non-hydrogen) atoms. The molecule has 8 nitrogen and oxygen atoms in total. The van der Waals surface area contributed by atoms with Gasteiger partial charge in [-0.3, -0.25) is 4.98 Å². The van der Waals surface area contributed by atoms with Crippen LogP contribution in [0.3, 0.4) is 0 Å². The number of nitrogens with two attached hydrogens (primary N) is 2. The van der Waals surface area contributed by atoms with E-state index in [1.54, 1.807) is 18.2 Å². The maximum Gasteiger partial charge on any atom is 0.417 e. The molecule has 0 atom stereocenters. The highest BCUT2D eigenvalue weighted by atomic mass is 19.4. The van der Waals surface area contributed by atoms with Gasteiger partial charge in [0.05, 0.1) is 17.4 Å². The molecular formula is C14H11F3N8. The minimum atomic E-state index is -4.51. The molecule has 3 aromatic heterocycles. The first kappa shape index (κ1) is 16.4. The molecule has 0 aromatic carbocycles. The van der Waals surface area contributed by atoms with Crippen LogP contribution in [-0.2, 0) is 6.18 Å². The van der Waals surface area contributed by atoms with Crippen molar-refractivity contribution >= 4 is 23.4 Å². The van der Waals surface area contributed by atoms with Crippen molar-refractivity contribution in [1.29, 1.82) is 0 Å². The summed E-state index contributed by atoms with van der Waals surface area (Å²) in [4.78, 5) is 19.5. The van der Waals surface area contributed by atoms with Gasteiger partial charge >= 0.3 is 6.18 Å². The molecule has 128 valence electrons. The highest BCUT2D eigenvalue weighted by molar-refractivity contribution is 5.59. The van der Waals surface area contributed by atoms with Gasteiger partial charge in [0, 0.05) is 6.20 Å². The minimum Gasteiger partial charge on any atom is -0.384 e. The Balaban J connectivity index is 1.94. The van der Waals surface area contributed by atoms with E-state index in [2.05, 4.69) is 30.2 Å². The number of nitrogens with zero attached hydrogens (tertiary/aromatic N) is 5. The van der Waals surface area contributed by atoms with Crippen molar-refractivity contribution in [3.63, 3.8) is 0 Å². The lowest BCUT2D eigenvalue weighted by Gasteiger charge is -2.10. The molecule has 0 unspecified atom stereocenters. The summed E-state index contributed by atoms with van der Waals surface area (Å²) in [5.41, 5.74) is 10.7. The van der Waals surface area contributed by atoms with E-state index in [0.29, 0.717) is 5.69 Å². The Morgan fingerprint density at radius 2 is 1.76 bits per heavy atom. The van der Waals surface area contributed by atoms with Gasteiger partial charge in [0.1, 0.15) is 11.5 Å². The largest absolute Gasteiger partial charge is 0.417 e. The summed E-state index contributed by atoms with van der Waals surface area (Å²) in [5, 5.41) is 2.62. The van der Waals surface area contributed by atoms with Gasteiger partial charge in [-0.05, 0) is 18.2 Å². The van der Waals surface area contributed by atoms with Crippen LogP contribution < -0.4 is 16.8 Å². The van der Waals surface area contributed by atoms with E-state index in [9.17, 15) is 13.2 Å². The number of aromatic nitrogens is 5. The van der Waals surface area contributed by atoms with Crippen LogP contribution in [-0.4, -0.2) is 24.9 Å². The van der Waals surface area contributed by atoms with Gasteiger partial charge < -0.3 is 16.8 Å². The van der Waals surface area contributed by atoms with E-state index in [-0.39, 0.29) is 29.2 Å². The van der Waals surface area contributed by atoms with Crippen molar-refractivity contribution in [1.82, 2.24) is 24.9 Å². The first-order chi connectivity index (χ1) is 11.8. The van der Waals surface area contributed by atoms with Crippen molar-refractivity contribution in [2.75, 3.05) is 16.8 Å². The molecule has 0 saturated heterocycles. The summed E-state index contributed by atoms with van der Waals surface area (Å²) in [5.74, 6) is 0.208. The number of halogens is 3. The molecule has 3 aromatic rings. The van der Waals surface area contributed by atoms with Crippen LogP contribution in [0.2, 0.25) is 0 Å². The summed E-state index contributed by atoms with van der Waals surface area (Å²) in [6.45, 7) is 0. The lowest BCUT2D eigenvalue weighted by atomic mass is 10.2. The lowest BCUT2D eigenvalue weighted by Crippen LogP contribution is -2.08. The number of rotatable bonds is 3. The Labute approximate surface area is 139 Å². The van der Waals surface area contributed by atoms with E-state index in [4.69, 9.17) is 11.5 Å². The number of hydrogen-bond acceptors (Lipinski definition) is 8. The third-order valence-corrected chi connectivity index (χ3v) is 2.97. The molecule has 3 rings (SSSR count). The highest BCUT2D eigenvalue weighted by Crippen LogP contribution is 2.30. The third kappa shape index (κ3) is 3.88. The van der Waals surface area contributed by atoms with Crippen molar-refractivity contribution < 1.29 is 13.2 Å². The van der Waals surface area contributed by atoms with Crippen molar-refractivity contribution in [2.24, 2.45) is 0 Å². The predicted octanol–water partition coefficient (Wildman–Crippen LogP) is 2.26. The Hall–Kier alpha value is -3.50. The average Bonchev–Trinajstić information content (AvgIpc) is 2.54. The lowest BCUT2D eigenvalue weighted by molar-refractivity contribution is -0.137. The van der Waals surface area contributed by atoms with Gasteiger partial charge in [0.25, 0.3) is 0 Å². The van der Waals surface area contributed by atoms with Gasteiger partial charge in [0.15, 0.2) is 5.82 Å². The number of anilines is 4. The minimum absolute atomic E-state index is 0.0481. The molecule has 11 heteroatoms. The topological polar surface area (TPSA) is 129 Å². The van der Waals surface area contributed by atoms with Crippen molar-refractivity contribution in [3.05, 3.63) is 42.2 Å². The van der Waals surface area contributed by atoms with Crippen LogP contribution in [0.15, 0.2) is 36.7 Å². The number of alkyl halides is 3. The van der Waals surface area contributed by atoms with Crippen LogP contribution in [0.5, 0.6) is 0 Å². The molecule has 0 saturated carbocycles. The van der Waals surface area contributed by atoms with Crippen LogP contribution in [0.25, 0.3) is 11.5 Å². The summed E-state index contributed by atoms with van der Waals surface area (Å²) in [6, 6.07) is 5.73. The smallest absolute Gasteiger partial charge is 0.384 e. The molecule has 3 heterocycles. The Bertz CT molecular complexity index is 913. The predicted molar refractivity (Wildman–Crippen MR) is 84.4 cm³/mol. The fraction of sp³-hybridized carbons (Fsp3) is 0.0714. The van der Waals surface area contributed by atoms with Crippen LogP contribution in [0.4, 0.5) is 36.6 Å². The molecule has 0 bridgehead atoms. The van der Waals surface area contributed by atoms with Gasteiger partial charge in [-0.2, -0.15) is 28.1 Å². The summed E-state index contributed by atoms with van der Waals surface area (Å²) in [7, 11) is 0. The number of hydrogen-bond donors (Lipinski definition) is 3. The second-order valence-electron chi connectivity index (χ2n) is 4.87. The van der Waals surface area contributed by atoms with E-state index in [0.717, 1.165) is 12.3 Å². The van der Waals surface area contributed by atoms with Crippen molar-refractivity contribution in [3.8, 4) is 11.5 Å².